The number of alkyl halides is 2. The second-order valence-corrected chi connectivity index (χ2v) is 9.10. The van der Waals surface area contributed by atoms with Gasteiger partial charge < -0.3 is 11.1 Å². The predicted molar refractivity (Wildman–Crippen MR) is 136 cm³/mol. The fourth-order valence-corrected chi connectivity index (χ4v) is 4.13. The summed E-state index contributed by atoms with van der Waals surface area (Å²) in [5, 5.41) is 3.34. The number of benzene rings is 2. The SMILES string of the molecule is C=C(Nc1c(C(C)=NCC(F)(F)C(N)=O)cc(-c2ccccc2F)cc1C1CC1C)c1cccnc1. The number of nitrogens with one attached hydrogen (secondary N) is 1. The van der Waals surface area contributed by atoms with E-state index in [1.807, 2.05) is 12.1 Å². The average molecular weight is 493 g/mol. The summed E-state index contributed by atoms with van der Waals surface area (Å²) in [5.74, 6) is -5.33. The summed E-state index contributed by atoms with van der Waals surface area (Å²) >= 11 is 0. The Morgan fingerprint density at radius 1 is 1.25 bits per heavy atom. The van der Waals surface area contributed by atoms with Crippen LogP contribution in [0, 0.1) is 11.7 Å². The summed E-state index contributed by atoms with van der Waals surface area (Å²) in [6, 6.07) is 13.7. The molecule has 2 atom stereocenters. The first-order chi connectivity index (χ1) is 17.1. The Hall–Kier alpha value is -3.94. The lowest BCUT2D eigenvalue weighted by Gasteiger charge is -2.21. The number of amides is 1. The van der Waals surface area contributed by atoms with Crippen molar-refractivity contribution in [1.29, 1.82) is 0 Å². The number of primary amides is 1. The number of hydrogen-bond acceptors (Lipinski definition) is 4. The van der Waals surface area contributed by atoms with Crippen molar-refractivity contribution in [2.45, 2.75) is 32.1 Å². The molecule has 0 aliphatic heterocycles. The van der Waals surface area contributed by atoms with Gasteiger partial charge in [-0.05, 0) is 66.6 Å². The molecule has 0 saturated heterocycles. The highest BCUT2D eigenvalue weighted by atomic mass is 19.3. The lowest BCUT2D eigenvalue weighted by atomic mass is 9.92. The van der Waals surface area contributed by atoms with Gasteiger partial charge in [-0.15, -0.1) is 0 Å². The fourth-order valence-electron chi connectivity index (χ4n) is 4.13. The lowest BCUT2D eigenvalue weighted by molar-refractivity contribution is -0.140. The van der Waals surface area contributed by atoms with Crippen molar-refractivity contribution in [3.8, 4) is 11.1 Å². The maximum Gasteiger partial charge on any atom is 0.343 e. The summed E-state index contributed by atoms with van der Waals surface area (Å²) in [6.07, 6.45) is 4.25. The van der Waals surface area contributed by atoms with Crippen LogP contribution in [0.5, 0.6) is 0 Å². The van der Waals surface area contributed by atoms with Crippen LogP contribution in [-0.2, 0) is 4.79 Å². The van der Waals surface area contributed by atoms with Crippen LogP contribution in [0.15, 0.2) is 72.5 Å². The van der Waals surface area contributed by atoms with E-state index in [1.54, 1.807) is 49.6 Å². The summed E-state index contributed by atoms with van der Waals surface area (Å²) in [7, 11) is 0. The molecule has 36 heavy (non-hydrogen) atoms. The van der Waals surface area contributed by atoms with Gasteiger partial charge in [0, 0.05) is 40.5 Å². The Labute approximate surface area is 208 Å². The van der Waals surface area contributed by atoms with Crippen molar-refractivity contribution in [2.24, 2.45) is 16.6 Å². The zero-order chi connectivity index (χ0) is 26.0. The van der Waals surface area contributed by atoms with Gasteiger partial charge in [-0.2, -0.15) is 8.78 Å². The molecule has 1 heterocycles. The second-order valence-electron chi connectivity index (χ2n) is 9.10. The van der Waals surface area contributed by atoms with Crippen LogP contribution >= 0.6 is 0 Å². The number of aromatic nitrogens is 1. The van der Waals surface area contributed by atoms with E-state index in [-0.39, 0.29) is 11.6 Å². The number of pyridine rings is 1. The van der Waals surface area contributed by atoms with Gasteiger partial charge in [0.1, 0.15) is 12.4 Å². The van der Waals surface area contributed by atoms with E-state index in [0.29, 0.717) is 34.0 Å². The molecule has 2 aromatic carbocycles. The molecule has 1 amide bonds. The summed E-state index contributed by atoms with van der Waals surface area (Å²) < 4.78 is 42.6. The molecule has 3 aromatic rings. The quantitative estimate of drug-likeness (QED) is 0.358. The highest BCUT2D eigenvalue weighted by Gasteiger charge is 2.38. The van der Waals surface area contributed by atoms with Gasteiger partial charge in [0.15, 0.2) is 0 Å². The fraction of sp³-hybridized carbons (Fsp3) is 0.250. The van der Waals surface area contributed by atoms with Crippen LogP contribution in [0.25, 0.3) is 16.8 Å². The highest BCUT2D eigenvalue weighted by Crippen LogP contribution is 2.51. The number of carbonyl (C=O) groups is 1. The first-order valence-electron chi connectivity index (χ1n) is 11.6. The van der Waals surface area contributed by atoms with Crippen LogP contribution in [0.1, 0.15) is 42.9 Å². The van der Waals surface area contributed by atoms with Gasteiger partial charge in [0.25, 0.3) is 5.91 Å². The zero-order valence-corrected chi connectivity index (χ0v) is 20.1. The maximum atomic E-state index is 14.7. The Balaban J connectivity index is 1.87. The first-order valence-corrected chi connectivity index (χ1v) is 11.6. The number of aliphatic imine (C=N–C) groups is 1. The molecule has 0 bridgehead atoms. The molecule has 1 aliphatic rings. The minimum absolute atomic E-state index is 0.194. The monoisotopic (exact) mass is 492 g/mol. The van der Waals surface area contributed by atoms with Crippen molar-refractivity contribution >= 4 is 23.0 Å². The van der Waals surface area contributed by atoms with Gasteiger partial charge in [-0.25, -0.2) is 4.39 Å². The van der Waals surface area contributed by atoms with Gasteiger partial charge in [0.05, 0.1) is 5.69 Å². The van der Waals surface area contributed by atoms with E-state index in [1.165, 1.54) is 6.07 Å². The van der Waals surface area contributed by atoms with E-state index in [2.05, 4.69) is 28.8 Å². The third-order valence-corrected chi connectivity index (χ3v) is 6.41. The molecule has 2 unspecified atom stereocenters. The minimum Gasteiger partial charge on any atom is -0.364 e. The molecule has 186 valence electrons. The third kappa shape index (κ3) is 5.32. The van der Waals surface area contributed by atoms with Crippen LogP contribution in [0.4, 0.5) is 18.9 Å². The first kappa shape index (κ1) is 25.2. The molecule has 1 fully saturated rings. The van der Waals surface area contributed by atoms with Crippen LogP contribution in [-0.4, -0.2) is 29.1 Å². The van der Waals surface area contributed by atoms with Crippen LogP contribution in [0.2, 0.25) is 0 Å². The van der Waals surface area contributed by atoms with Crippen molar-refractivity contribution < 1.29 is 18.0 Å². The van der Waals surface area contributed by atoms with Crippen LogP contribution < -0.4 is 11.1 Å². The molecule has 3 N–H and O–H groups in total. The van der Waals surface area contributed by atoms with E-state index in [9.17, 15) is 18.0 Å². The normalized spacial score (nSPS) is 17.5. The molecule has 5 nitrogen and oxygen atoms in total. The smallest absolute Gasteiger partial charge is 0.343 e. The standard InChI is InChI=1S/C28H27F3N4O/c1-16-11-22(16)24-13-20(21-8-4-5-9-25(21)29)12-23(18(3)34-15-28(30,31)27(32)36)26(24)35-17(2)19-7-6-10-33-14-19/h4-10,12-14,16,22,35H,2,11,15H2,1,3H3,(H2,32,36). The lowest BCUT2D eigenvalue weighted by Crippen LogP contribution is -2.38. The average Bonchev–Trinajstić information content (AvgIpc) is 3.59. The number of halogens is 3. The Kier molecular flexibility index (Phi) is 6.97. The van der Waals surface area contributed by atoms with E-state index in [0.717, 1.165) is 17.5 Å². The number of rotatable bonds is 9. The number of nitrogens with zero attached hydrogens (tertiary/aromatic N) is 2. The summed E-state index contributed by atoms with van der Waals surface area (Å²) in [6.45, 7) is 6.74. The summed E-state index contributed by atoms with van der Waals surface area (Å²) in [5.41, 5.74) is 9.48. The van der Waals surface area contributed by atoms with E-state index >= 15 is 0 Å². The second kappa shape index (κ2) is 9.97. The predicted octanol–water partition coefficient (Wildman–Crippen LogP) is 6.02. The Morgan fingerprint density at radius 2 is 1.97 bits per heavy atom. The van der Waals surface area contributed by atoms with Gasteiger partial charge in [0.2, 0.25) is 0 Å². The van der Waals surface area contributed by atoms with Gasteiger partial charge in [-0.1, -0.05) is 31.7 Å². The number of anilines is 1. The van der Waals surface area contributed by atoms with Crippen molar-refractivity contribution in [3.63, 3.8) is 0 Å². The molecule has 4 rings (SSSR count). The molecule has 8 heteroatoms. The molecular formula is C28H27F3N4O. The number of hydrogen-bond donors (Lipinski definition) is 2. The molecule has 0 radical (unpaired) electrons. The Morgan fingerprint density at radius 3 is 2.58 bits per heavy atom. The number of carbonyl (C=O) groups excluding carboxylic acids is 1. The number of nitrogens with two attached hydrogens (primary N) is 1. The minimum atomic E-state index is -3.79. The van der Waals surface area contributed by atoms with Gasteiger partial charge >= 0.3 is 5.92 Å². The van der Waals surface area contributed by atoms with Crippen molar-refractivity contribution in [3.05, 3.63) is 90.0 Å². The molecule has 0 spiro atoms. The maximum absolute atomic E-state index is 14.7. The molecule has 1 saturated carbocycles. The largest absolute Gasteiger partial charge is 0.364 e. The van der Waals surface area contributed by atoms with Crippen LogP contribution in [0.3, 0.4) is 0 Å². The molecular weight excluding hydrogens is 465 g/mol. The van der Waals surface area contributed by atoms with Crippen molar-refractivity contribution in [2.75, 3.05) is 11.9 Å². The van der Waals surface area contributed by atoms with E-state index in [4.69, 9.17) is 5.73 Å². The van der Waals surface area contributed by atoms with E-state index < -0.39 is 24.2 Å². The summed E-state index contributed by atoms with van der Waals surface area (Å²) in [4.78, 5) is 19.3. The topological polar surface area (TPSA) is 80.4 Å². The third-order valence-electron chi connectivity index (χ3n) is 6.41. The zero-order valence-electron chi connectivity index (χ0n) is 20.1. The van der Waals surface area contributed by atoms with Crippen molar-refractivity contribution in [1.82, 2.24) is 4.98 Å². The van der Waals surface area contributed by atoms with Gasteiger partial charge in [-0.3, -0.25) is 14.8 Å². The Bertz CT molecular complexity index is 1340. The highest BCUT2D eigenvalue weighted by molar-refractivity contribution is 6.06. The molecule has 1 aromatic heterocycles. The molecule has 1 aliphatic carbocycles.